The van der Waals surface area contributed by atoms with Crippen molar-refractivity contribution < 1.29 is 0 Å². The third-order valence-electron chi connectivity index (χ3n) is 4.71. The first-order valence-corrected chi connectivity index (χ1v) is 9.56. The average Bonchev–Trinajstić information content (AvgIpc) is 3.04. The van der Waals surface area contributed by atoms with Crippen LogP contribution in [0.25, 0.3) is 0 Å². The Bertz CT molecular complexity index is 470. The van der Waals surface area contributed by atoms with Gasteiger partial charge in [-0.1, -0.05) is 62.0 Å². The molecule has 0 bridgehead atoms. The second-order valence-corrected chi connectivity index (χ2v) is 7.25. The molecule has 0 heterocycles. The van der Waals surface area contributed by atoms with Crippen molar-refractivity contribution in [2.24, 2.45) is 0 Å². The summed E-state index contributed by atoms with van der Waals surface area (Å²) in [6, 6.07) is 0. The fourth-order valence-corrected chi connectivity index (χ4v) is 3.93. The van der Waals surface area contributed by atoms with E-state index >= 15 is 0 Å². The predicted molar refractivity (Wildman–Crippen MR) is 99.4 cm³/mol. The monoisotopic (exact) mass is 338 g/mol. The van der Waals surface area contributed by atoms with Gasteiger partial charge in [-0.05, 0) is 60.8 Å². The van der Waals surface area contributed by atoms with Crippen molar-refractivity contribution in [2.75, 3.05) is 0 Å². The van der Waals surface area contributed by atoms with Gasteiger partial charge in [-0.2, -0.15) is 0 Å². The van der Waals surface area contributed by atoms with Crippen molar-refractivity contribution in [1.82, 2.24) is 0 Å². The molecule has 22 heavy (non-hydrogen) atoms. The molecule has 0 N–H and O–H groups in total. The van der Waals surface area contributed by atoms with Crippen molar-refractivity contribution in [3.8, 4) is 0 Å². The molecule has 0 aliphatic heterocycles. The van der Waals surface area contributed by atoms with Crippen LogP contribution in [-0.4, -0.2) is 0 Å². The molecule has 0 aromatic rings. The summed E-state index contributed by atoms with van der Waals surface area (Å²) in [4.78, 5) is 0. The molecule has 0 spiro atoms. The Morgan fingerprint density at radius 3 is 1.50 bits per heavy atom. The molecule has 2 heteroatoms. The molecule has 0 nitrogen and oxygen atoms in total. The highest BCUT2D eigenvalue weighted by Gasteiger charge is 2.19. The highest BCUT2D eigenvalue weighted by Crippen LogP contribution is 2.39. The summed E-state index contributed by atoms with van der Waals surface area (Å²) in [6.07, 6.45) is 16.0. The lowest BCUT2D eigenvalue weighted by Crippen LogP contribution is -1.94. The largest absolute Gasteiger partial charge is 0.0885 e. The summed E-state index contributed by atoms with van der Waals surface area (Å²) in [5, 5.41) is 2.15. The first kappa shape index (κ1) is 17.9. The molecule has 0 amide bonds. The van der Waals surface area contributed by atoms with Crippen LogP contribution in [0.15, 0.2) is 44.5 Å². The predicted octanol–water partition coefficient (Wildman–Crippen LogP) is 7.79. The number of halogens is 2. The molecule has 0 unspecified atom stereocenters. The maximum absolute atomic E-state index is 6.41. The Morgan fingerprint density at radius 1 is 0.727 bits per heavy atom. The third kappa shape index (κ3) is 4.52. The zero-order valence-corrected chi connectivity index (χ0v) is 15.5. The Labute approximate surface area is 146 Å². The van der Waals surface area contributed by atoms with Crippen LogP contribution >= 0.6 is 23.2 Å². The second-order valence-electron chi connectivity index (χ2n) is 6.34. The van der Waals surface area contributed by atoms with Gasteiger partial charge in [-0.15, -0.1) is 0 Å². The van der Waals surface area contributed by atoms with Crippen LogP contribution < -0.4 is 0 Å². The molecule has 2 aliphatic carbocycles. The van der Waals surface area contributed by atoms with Crippen molar-refractivity contribution in [3.05, 3.63) is 44.5 Å². The van der Waals surface area contributed by atoms with Gasteiger partial charge >= 0.3 is 0 Å². The molecule has 2 aliphatic rings. The van der Waals surface area contributed by atoms with Crippen LogP contribution in [0.5, 0.6) is 0 Å². The lowest BCUT2D eigenvalue weighted by Gasteiger charge is -2.12. The summed E-state index contributed by atoms with van der Waals surface area (Å²) in [5.41, 5.74) is 5.81. The van der Waals surface area contributed by atoms with E-state index in [1.54, 1.807) is 0 Å². The minimum absolute atomic E-state index is 0.939. The number of rotatable bonds is 9. The summed E-state index contributed by atoms with van der Waals surface area (Å²) >= 11 is 12.8. The van der Waals surface area contributed by atoms with Gasteiger partial charge in [0.05, 0.1) is 0 Å². The lowest BCUT2D eigenvalue weighted by atomic mass is 9.94. The minimum atomic E-state index is 0.939. The van der Waals surface area contributed by atoms with Gasteiger partial charge < -0.3 is 0 Å². The normalized spacial score (nSPS) is 18.4. The standard InChI is InChI=1S/C20H28Cl2/c1-3-5-7-17-15(11-13-19(17)21)9-10-16-12-14-20(22)18(16)8-6-4-2/h11-12H,3-10,13-14H2,1-2H3. The van der Waals surface area contributed by atoms with Gasteiger partial charge in [0, 0.05) is 22.9 Å². The van der Waals surface area contributed by atoms with Crippen LogP contribution in [-0.2, 0) is 0 Å². The molecule has 0 saturated carbocycles. The molecule has 0 aromatic heterocycles. The molecule has 122 valence electrons. The smallest absolute Gasteiger partial charge is 0.0253 e. The van der Waals surface area contributed by atoms with E-state index in [0.29, 0.717) is 0 Å². The molecule has 0 aromatic carbocycles. The van der Waals surface area contributed by atoms with Crippen molar-refractivity contribution in [1.29, 1.82) is 0 Å². The van der Waals surface area contributed by atoms with E-state index in [2.05, 4.69) is 26.0 Å². The summed E-state index contributed by atoms with van der Waals surface area (Å²) in [6.45, 7) is 4.48. The topological polar surface area (TPSA) is 0 Å². The van der Waals surface area contributed by atoms with Gasteiger partial charge in [0.15, 0.2) is 0 Å². The number of unbranched alkanes of at least 4 members (excludes halogenated alkanes) is 2. The Kier molecular flexibility index (Phi) is 7.31. The SMILES string of the molecule is CCCCC1=C(Cl)CC=C1CCC1=CCC(Cl)=C1CCCC. The van der Waals surface area contributed by atoms with Crippen LogP contribution in [0.2, 0.25) is 0 Å². The highest BCUT2D eigenvalue weighted by atomic mass is 35.5. The maximum atomic E-state index is 6.41. The van der Waals surface area contributed by atoms with Crippen molar-refractivity contribution >= 4 is 23.2 Å². The van der Waals surface area contributed by atoms with Gasteiger partial charge in [0.2, 0.25) is 0 Å². The molecule has 0 radical (unpaired) electrons. The average molecular weight is 339 g/mol. The molecule has 0 saturated heterocycles. The van der Waals surface area contributed by atoms with E-state index in [1.807, 2.05) is 0 Å². The van der Waals surface area contributed by atoms with E-state index in [-0.39, 0.29) is 0 Å². The van der Waals surface area contributed by atoms with Gasteiger partial charge in [0.1, 0.15) is 0 Å². The Hall–Kier alpha value is -0.460. The lowest BCUT2D eigenvalue weighted by molar-refractivity contribution is 0.770. The summed E-state index contributed by atoms with van der Waals surface area (Å²) in [5.74, 6) is 0. The molecule has 0 fully saturated rings. The molecule has 2 rings (SSSR count). The zero-order valence-electron chi connectivity index (χ0n) is 14.0. The fraction of sp³-hybridized carbons (Fsp3) is 0.600. The third-order valence-corrected chi connectivity index (χ3v) is 5.47. The summed E-state index contributed by atoms with van der Waals surface area (Å²) in [7, 11) is 0. The zero-order chi connectivity index (χ0) is 15.9. The number of hydrogen-bond donors (Lipinski definition) is 0. The summed E-state index contributed by atoms with van der Waals surface area (Å²) < 4.78 is 0. The molecular weight excluding hydrogens is 311 g/mol. The Morgan fingerprint density at radius 2 is 1.14 bits per heavy atom. The number of allylic oxidation sites excluding steroid dienone is 8. The highest BCUT2D eigenvalue weighted by molar-refractivity contribution is 6.31. The van der Waals surface area contributed by atoms with Gasteiger partial charge in [0.25, 0.3) is 0 Å². The first-order chi connectivity index (χ1) is 10.7. The van der Waals surface area contributed by atoms with Crippen LogP contribution in [0.3, 0.4) is 0 Å². The van der Waals surface area contributed by atoms with E-state index in [9.17, 15) is 0 Å². The van der Waals surface area contributed by atoms with Gasteiger partial charge in [-0.25, -0.2) is 0 Å². The first-order valence-electron chi connectivity index (χ1n) is 8.81. The van der Waals surface area contributed by atoms with E-state index in [1.165, 1.54) is 48.0 Å². The van der Waals surface area contributed by atoms with Gasteiger partial charge in [-0.3, -0.25) is 0 Å². The van der Waals surface area contributed by atoms with Crippen LogP contribution in [0, 0.1) is 0 Å². The fourth-order valence-electron chi connectivity index (χ4n) is 3.34. The van der Waals surface area contributed by atoms with Crippen molar-refractivity contribution in [3.63, 3.8) is 0 Å². The molecular formula is C20H28Cl2. The molecule has 0 atom stereocenters. The Balaban J connectivity index is 1.93. The quantitative estimate of drug-likeness (QED) is 0.402. The van der Waals surface area contributed by atoms with Crippen molar-refractivity contribution in [2.45, 2.75) is 78.1 Å². The number of hydrogen-bond acceptors (Lipinski definition) is 0. The second kappa shape index (κ2) is 8.99. The van der Waals surface area contributed by atoms with Crippen LogP contribution in [0.1, 0.15) is 78.1 Å². The maximum Gasteiger partial charge on any atom is 0.0253 e. The van der Waals surface area contributed by atoms with E-state index in [4.69, 9.17) is 23.2 Å². The van der Waals surface area contributed by atoms with Crippen LogP contribution in [0.4, 0.5) is 0 Å². The minimum Gasteiger partial charge on any atom is -0.0885 e. The van der Waals surface area contributed by atoms with E-state index < -0.39 is 0 Å². The van der Waals surface area contributed by atoms with E-state index in [0.717, 1.165) is 48.6 Å².